The number of hydrogen-bond acceptors (Lipinski definition) is 4. The maximum atomic E-state index is 11.9. The molecule has 104 valence electrons. The van der Waals surface area contributed by atoms with Crippen LogP contribution >= 0.6 is 0 Å². The molecule has 0 aliphatic carbocycles. The number of aromatic nitrogens is 1. The Morgan fingerprint density at radius 1 is 1.15 bits per heavy atom. The van der Waals surface area contributed by atoms with Gasteiger partial charge in [0.05, 0.1) is 0 Å². The third-order valence-electron chi connectivity index (χ3n) is 2.64. The first-order valence-electron chi connectivity index (χ1n) is 6.40. The van der Waals surface area contributed by atoms with E-state index in [-0.39, 0.29) is 5.91 Å². The number of hydrogen-bond donors (Lipinski definition) is 2. The molecule has 0 fully saturated rings. The average molecular weight is 271 g/mol. The summed E-state index contributed by atoms with van der Waals surface area (Å²) in [5.74, 6) is 1.20. The molecule has 2 rings (SSSR count). The number of benzene rings is 1. The number of nitrogens with zero attached hydrogens (tertiary/aromatic N) is 1. The quantitative estimate of drug-likeness (QED) is 0.787. The van der Waals surface area contributed by atoms with Crippen LogP contribution in [0.4, 0.5) is 0 Å². The number of rotatable bonds is 6. The first-order valence-corrected chi connectivity index (χ1v) is 6.40. The number of carbonyl (C=O) groups is 1. The molecule has 1 heterocycles. The first-order chi connectivity index (χ1) is 9.79. The summed E-state index contributed by atoms with van der Waals surface area (Å²) < 4.78 is 5.66. The van der Waals surface area contributed by atoms with Gasteiger partial charge < -0.3 is 15.4 Å². The van der Waals surface area contributed by atoms with Crippen molar-refractivity contribution in [2.75, 3.05) is 20.1 Å². The Morgan fingerprint density at radius 3 is 2.70 bits per heavy atom. The number of pyridine rings is 1. The van der Waals surface area contributed by atoms with Gasteiger partial charge in [-0.3, -0.25) is 9.78 Å². The van der Waals surface area contributed by atoms with Crippen molar-refractivity contribution in [3.05, 3.63) is 54.4 Å². The van der Waals surface area contributed by atoms with E-state index in [1.807, 2.05) is 13.1 Å². The molecule has 0 spiro atoms. The highest BCUT2D eigenvalue weighted by molar-refractivity contribution is 5.94. The zero-order valence-electron chi connectivity index (χ0n) is 11.3. The van der Waals surface area contributed by atoms with Crippen LogP contribution in [0.3, 0.4) is 0 Å². The van der Waals surface area contributed by atoms with Crippen LogP contribution in [0, 0.1) is 0 Å². The average Bonchev–Trinajstić information content (AvgIpc) is 2.49. The smallest absolute Gasteiger partial charge is 0.251 e. The van der Waals surface area contributed by atoms with Gasteiger partial charge in [0, 0.05) is 31.0 Å². The molecule has 2 aromatic rings. The van der Waals surface area contributed by atoms with Crippen molar-refractivity contribution in [3.8, 4) is 11.5 Å². The molecule has 0 bridgehead atoms. The second-order valence-electron chi connectivity index (χ2n) is 4.17. The lowest BCUT2D eigenvalue weighted by atomic mass is 10.2. The van der Waals surface area contributed by atoms with Gasteiger partial charge in [0.2, 0.25) is 0 Å². The predicted molar refractivity (Wildman–Crippen MR) is 77.0 cm³/mol. The highest BCUT2D eigenvalue weighted by atomic mass is 16.5. The summed E-state index contributed by atoms with van der Waals surface area (Å²) in [6, 6.07) is 10.6. The molecule has 5 nitrogen and oxygen atoms in total. The van der Waals surface area contributed by atoms with E-state index in [0.717, 1.165) is 6.54 Å². The Hall–Kier alpha value is -2.40. The van der Waals surface area contributed by atoms with E-state index in [1.54, 1.807) is 42.7 Å². The van der Waals surface area contributed by atoms with Gasteiger partial charge in [-0.15, -0.1) is 0 Å². The second-order valence-corrected chi connectivity index (χ2v) is 4.17. The molecule has 1 aromatic heterocycles. The summed E-state index contributed by atoms with van der Waals surface area (Å²) >= 11 is 0. The molecule has 0 saturated heterocycles. The molecular weight excluding hydrogens is 254 g/mol. The molecule has 0 aliphatic rings. The summed E-state index contributed by atoms with van der Waals surface area (Å²) in [7, 11) is 1.84. The van der Waals surface area contributed by atoms with Crippen LogP contribution in [-0.4, -0.2) is 31.0 Å². The summed E-state index contributed by atoms with van der Waals surface area (Å²) in [5.41, 5.74) is 0.577. The van der Waals surface area contributed by atoms with Crippen LogP contribution in [0.15, 0.2) is 48.8 Å². The van der Waals surface area contributed by atoms with E-state index in [0.29, 0.717) is 23.6 Å². The summed E-state index contributed by atoms with van der Waals surface area (Å²) in [6.45, 7) is 1.32. The van der Waals surface area contributed by atoms with Gasteiger partial charge in [-0.25, -0.2) is 0 Å². The number of likely N-dealkylation sites (N-methyl/N-ethyl adjacent to an activating group) is 1. The lowest BCUT2D eigenvalue weighted by molar-refractivity contribution is 0.0954. The van der Waals surface area contributed by atoms with Crippen LogP contribution in [0.25, 0.3) is 0 Å². The van der Waals surface area contributed by atoms with Crippen molar-refractivity contribution >= 4 is 5.91 Å². The maximum Gasteiger partial charge on any atom is 0.251 e. The zero-order valence-corrected chi connectivity index (χ0v) is 11.3. The standard InChI is InChI=1S/C15H17N3O2/c1-16-9-10-18-15(19)12-3-2-4-14(11-12)20-13-5-7-17-8-6-13/h2-8,11,16H,9-10H2,1H3,(H,18,19). The molecule has 0 atom stereocenters. The number of ether oxygens (including phenoxy) is 1. The molecule has 20 heavy (non-hydrogen) atoms. The van der Waals surface area contributed by atoms with Gasteiger partial charge >= 0.3 is 0 Å². The van der Waals surface area contributed by atoms with Crippen molar-refractivity contribution in [3.63, 3.8) is 0 Å². The second kappa shape index (κ2) is 7.25. The zero-order chi connectivity index (χ0) is 14.2. The van der Waals surface area contributed by atoms with E-state index in [2.05, 4.69) is 15.6 Å². The maximum absolute atomic E-state index is 11.9. The number of carbonyl (C=O) groups excluding carboxylic acids is 1. The first kappa shape index (κ1) is 14.0. The van der Waals surface area contributed by atoms with Crippen molar-refractivity contribution in [2.45, 2.75) is 0 Å². The largest absolute Gasteiger partial charge is 0.457 e. The Balaban J connectivity index is 2.02. The lowest BCUT2D eigenvalue weighted by Gasteiger charge is -2.08. The van der Waals surface area contributed by atoms with Crippen molar-refractivity contribution in [1.29, 1.82) is 0 Å². The summed E-state index contributed by atoms with van der Waals surface area (Å²) in [4.78, 5) is 15.8. The molecular formula is C15H17N3O2. The van der Waals surface area contributed by atoms with Gasteiger partial charge in [0.25, 0.3) is 5.91 Å². The molecule has 1 amide bonds. The SMILES string of the molecule is CNCCNC(=O)c1cccc(Oc2ccncc2)c1. The molecule has 1 aromatic carbocycles. The van der Waals surface area contributed by atoms with Crippen LogP contribution in [0.1, 0.15) is 10.4 Å². The fourth-order valence-corrected chi connectivity index (χ4v) is 1.65. The van der Waals surface area contributed by atoms with Gasteiger partial charge in [0.15, 0.2) is 0 Å². The van der Waals surface area contributed by atoms with Crippen LogP contribution in [0.2, 0.25) is 0 Å². The topological polar surface area (TPSA) is 63.2 Å². The molecule has 0 radical (unpaired) electrons. The van der Waals surface area contributed by atoms with Crippen LogP contribution in [0.5, 0.6) is 11.5 Å². The van der Waals surface area contributed by atoms with Gasteiger partial charge in [-0.2, -0.15) is 0 Å². The summed E-state index contributed by atoms with van der Waals surface area (Å²) in [5, 5.41) is 5.80. The third-order valence-corrected chi connectivity index (χ3v) is 2.64. The van der Waals surface area contributed by atoms with Crippen molar-refractivity contribution in [1.82, 2.24) is 15.6 Å². The van der Waals surface area contributed by atoms with E-state index in [4.69, 9.17) is 4.74 Å². The highest BCUT2D eigenvalue weighted by Crippen LogP contribution is 2.21. The normalized spacial score (nSPS) is 10.1. The van der Waals surface area contributed by atoms with Crippen LogP contribution < -0.4 is 15.4 Å². The van der Waals surface area contributed by atoms with E-state index in [1.165, 1.54) is 0 Å². The van der Waals surface area contributed by atoms with Crippen molar-refractivity contribution in [2.24, 2.45) is 0 Å². The van der Waals surface area contributed by atoms with E-state index >= 15 is 0 Å². The molecule has 2 N–H and O–H groups in total. The molecule has 5 heteroatoms. The third kappa shape index (κ3) is 4.07. The fraction of sp³-hybridized carbons (Fsp3) is 0.200. The Morgan fingerprint density at radius 2 is 1.95 bits per heavy atom. The van der Waals surface area contributed by atoms with Gasteiger partial charge in [0.1, 0.15) is 11.5 Å². The monoisotopic (exact) mass is 271 g/mol. The lowest BCUT2D eigenvalue weighted by Crippen LogP contribution is -2.30. The minimum absolute atomic E-state index is 0.111. The van der Waals surface area contributed by atoms with E-state index < -0.39 is 0 Å². The molecule has 0 saturated carbocycles. The van der Waals surface area contributed by atoms with Gasteiger partial charge in [-0.1, -0.05) is 6.07 Å². The Kier molecular flexibility index (Phi) is 5.08. The number of nitrogens with one attached hydrogen (secondary N) is 2. The minimum atomic E-state index is -0.111. The molecule has 0 unspecified atom stereocenters. The highest BCUT2D eigenvalue weighted by Gasteiger charge is 2.06. The Labute approximate surface area is 118 Å². The molecule has 0 aliphatic heterocycles. The van der Waals surface area contributed by atoms with E-state index in [9.17, 15) is 4.79 Å². The Bertz CT molecular complexity index is 558. The fourth-order valence-electron chi connectivity index (χ4n) is 1.65. The number of amides is 1. The van der Waals surface area contributed by atoms with Crippen LogP contribution in [-0.2, 0) is 0 Å². The minimum Gasteiger partial charge on any atom is -0.457 e. The summed E-state index contributed by atoms with van der Waals surface area (Å²) in [6.07, 6.45) is 3.31. The van der Waals surface area contributed by atoms with Gasteiger partial charge in [-0.05, 0) is 37.4 Å². The predicted octanol–water partition coefficient (Wildman–Crippen LogP) is 1.82. The van der Waals surface area contributed by atoms with Crippen molar-refractivity contribution < 1.29 is 9.53 Å².